The minimum Gasteiger partial charge on any atom is -0.495 e. The third kappa shape index (κ3) is 3.34. The molecule has 0 saturated carbocycles. The van der Waals surface area contributed by atoms with Crippen molar-refractivity contribution in [3.8, 4) is 11.8 Å². The van der Waals surface area contributed by atoms with Crippen LogP contribution in [0.25, 0.3) is 0 Å². The first-order valence-electron chi connectivity index (χ1n) is 4.65. The van der Waals surface area contributed by atoms with Gasteiger partial charge in [-0.3, -0.25) is 0 Å². The maximum absolute atomic E-state index is 9.08. The molecule has 0 fully saturated rings. The highest BCUT2D eigenvalue weighted by molar-refractivity contribution is 7.08. The Morgan fingerprint density at radius 1 is 1.40 bits per heavy atom. The van der Waals surface area contributed by atoms with Gasteiger partial charge in [-0.1, -0.05) is 0 Å². The molecule has 0 bridgehead atoms. The minimum absolute atomic E-state index is 0.502. The van der Waals surface area contributed by atoms with Crippen molar-refractivity contribution < 1.29 is 9.16 Å². The summed E-state index contributed by atoms with van der Waals surface area (Å²) in [5, 5.41) is 12.9. The van der Waals surface area contributed by atoms with Crippen molar-refractivity contribution in [1.29, 1.82) is 5.26 Å². The number of ether oxygens (including phenoxy) is 1. The van der Waals surface area contributed by atoms with Gasteiger partial charge in [-0.15, -0.1) is 11.3 Å². The molecular formula is C10H15NO2SSi. The van der Waals surface area contributed by atoms with Crippen molar-refractivity contribution in [2.24, 2.45) is 0 Å². The van der Waals surface area contributed by atoms with Gasteiger partial charge in [0.1, 0.15) is 5.75 Å². The van der Waals surface area contributed by atoms with Crippen molar-refractivity contribution in [2.45, 2.75) is 25.7 Å². The highest BCUT2D eigenvalue weighted by Crippen LogP contribution is 2.32. The number of hydrogen-bond acceptors (Lipinski definition) is 4. The lowest BCUT2D eigenvalue weighted by Gasteiger charge is -2.21. The second kappa shape index (κ2) is 4.79. The molecule has 0 spiro atoms. The fourth-order valence-electron chi connectivity index (χ4n) is 1.17. The van der Waals surface area contributed by atoms with E-state index in [-0.39, 0.29) is 0 Å². The molecule has 0 saturated heterocycles. The third-order valence-corrected chi connectivity index (χ3v) is 3.43. The highest BCUT2D eigenvalue weighted by Gasteiger charge is 2.24. The van der Waals surface area contributed by atoms with Crippen LogP contribution in [0.3, 0.4) is 0 Å². The van der Waals surface area contributed by atoms with Crippen LogP contribution in [0.15, 0.2) is 10.8 Å². The van der Waals surface area contributed by atoms with E-state index in [0.29, 0.717) is 0 Å². The fourth-order valence-corrected chi connectivity index (χ4v) is 2.86. The zero-order chi connectivity index (χ0) is 11.5. The van der Waals surface area contributed by atoms with Crippen LogP contribution < -0.4 is 4.74 Å². The zero-order valence-corrected chi connectivity index (χ0v) is 11.2. The number of thiophene rings is 1. The summed E-state index contributed by atoms with van der Waals surface area (Å²) in [5.74, 6) is 0.741. The summed E-state index contributed by atoms with van der Waals surface area (Å²) < 4.78 is 11.0. The fraction of sp³-hybridized carbons (Fsp3) is 0.500. The molecular weight excluding hydrogens is 226 g/mol. The second-order valence-corrected chi connectivity index (χ2v) is 9.34. The van der Waals surface area contributed by atoms with Gasteiger partial charge >= 0.3 is 0 Å². The molecule has 1 aromatic rings. The summed E-state index contributed by atoms with van der Waals surface area (Å²) in [6.07, 6.45) is -0.502. The Morgan fingerprint density at radius 2 is 2.07 bits per heavy atom. The van der Waals surface area contributed by atoms with E-state index in [1.165, 1.54) is 11.3 Å². The van der Waals surface area contributed by atoms with E-state index in [1.54, 1.807) is 7.11 Å². The lowest BCUT2D eigenvalue weighted by molar-refractivity contribution is 0.249. The first kappa shape index (κ1) is 12.2. The number of methoxy groups -OCH3 is 1. The molecule has 1 rings (SSSR count). The Balaban J connectivity index is 2.89. The number of nitrogens with zero attached hydrogens (tertiary/aromatic N) is 1. The molecule has 0 aromatic carbocycles. The largest absolute Gasteiger partial charge is 0.495 e. The first-order valence-corrected chi connectivity index (χ1v) is 9.00. The normalized spacial score (nSPS) is 13.3. The molecule has 82 valence electrons. The van der Waals surface area contributed by atoms with Gasteiger partial charge in [0.2, 0.25) is 0 Å². The molecule has 1 unspecified atom stereocenters. The van der Waals surface area contributed by atoms with Gasteiger partial charge < -0.3 is 9.16 Å². The molecule has 0 aliphatic carbocycles. The van der Waals surface area contributed by atoms with Crippen LogP contribution in [0.4, 0.5) is 0 Å². The first-order chi connectivity index (χ1) is 6.98. The maximum Gasteiger partial charge on any atom is 0.186 e. The topological polar surface area (TPSA) is 42.2 Å². The molecule has 1 heterocycles. The quantitative estimate of drug-likeness (QED) is 0.760. The monoisotopic (exact) mass is 241 g/mol. The van der Waals surface area contributed by atoms with Crippen LogP contribution in [0.2, 0.25) is 19.6 Å². The smallest absolute Gasteiger partial charge is 0.186 e. The standard InChI is InChI=1S/C10H15NO2SSi/c1-12-10-7-14-6-8(10)9(5-11)13-15(2,3)4/h6-7,9H,1-4H3. The van der Waals surface area contributed by atoms with Gasteiger partial charge in [-0.2, -0.15) is 5.26 Å². The van der Waals surface area contributed by atoms with Crippen molar-refractivity contribution in [3.05, 3.63) is 16.3 Å². The van der Waals surface area contributed by atoms with Gasteiger partial charge in [0, 0.05) is 16.3 Å². The summed E-state index contributed by atoms with van der Waals surface area (Å²) in [6.45, 7) is 6.20. The average molecular weight is 241 g/mol. The summed E-state index contributed by atoms with van der Waals surface area (Å²) >= 11 is 1.52. The van der Waals surface area contributed by atoms with Gasteiger partial charge in [0.25, 0.3) is 0 Å². The Kier molecular flexibility index (Phi) is 3.91. The minimum atomic E-state index is -1.71. The van der Waals surface area contributed by atoms with Gasteiger partial charge in [-0.25, -0.2) is 0 Å². The van der Waals surface area contributed by atoms with Crippen LogP contribution in [0.5, 0.6) is 5.75 Å². The third-order valence-electron chi connectivity index (χ3n) is 1.75. The second-order valence-electron chi connectivity index (χ2n) is 4.13. The summed E-state index contributed by atoms with van der Waals surface area (Å²) in [7, 11) is -0.101. The average Bonchev–Trinajstić information content (AvgIpc) is 2.60. The number of hydrogen-bond donors (Lipinski definition) is 0. The molecule has 0 radical (unpaired) electrons. The molecule has 1 atom stereocenters. The van der Waals surface area contributed by atoms with Crippen LogP contribution in [-0.4, -0.2) is 15.4 Å². The maximum atomic E-state index is 9.08. The van der Waals surface area contributed by atoms with E-state index in [9.17, 15) is 0 Å². The summed E-state index contributed by atoms with van der Waals surface area (Å²) in [4.78, 5) is 0. The molecule has 3 nitrogen and oxygen atoms in total. The van der Waals surface area contributed by atoms with Gasteiger partial charge in [-0.05, 0) is 19.6 Å². The number of rotatable bonds is 4. The SMILES string of the molecule is COc1cscc1C(C#N)O[Si](C)(C)C. The van der Waals surface area contributed by atoms with Crippen molar-refractivity contribution in [1.82, 2.24) is 0 Å². The molecule has 0 aliphatic heterocycles. The zero-order valence-electron chi connectivity index (χ0n) is 9.40. The van der Waals surface area contributed by atoms with E-state index in [0.717, 1.165) is 11.3 Å². The van der Waals surface area contributed by atoms with E-state index in [4.69, 9.17) is 14.4 Å². The van der Waals surface area contributed by atoms with E-state index in [1.807, 2.05) is 10.8 Å². The molecule has 0 N–H and O–H groups in total. The van der Waals surface area contributed by atoms with E-state index >= 15 is 0 Å². The Hall–Kier alpha value is -0.833. The molecule has 0 aliphatic rings. The highest BCUT2D eigenvalue weighted by atomic mass is 32.1. The molecule has 15 heavy (non-hydrogen) atoms. The predicted octanol–water partition coefficient (Wildman–Crippen LogP) is 3.17. The number of nitriles is 1. The Labute approximate surface area is 95.4 Å². The van der Waals surface area contributed by atoms with Gasteiger partial charge in [0.15, 0.2) is 14.4 Å². The predicted molar refractivity (Wildman–Crippen MR) is 63.7 cm³/mol. The lowest BCUT2D eigenvalue weighted by Crippen LogP contribution is -2.27. The molecule has 5 heteroatoms. The van der Waals surface area contributed by atoms with Crippen LogP contribution in [0.1, 0.15) is 11.7 Å². The van der Waals surface area contributed by atoms with Crippen molar-refractivity contribution in [3.63, 3.8) is 0 Å². The van der Waals surface area contributed by atoms with Crippen LogP contribution >= 0.6 is 11.3 Å². The molecule has 1 aromatic heterocycles. The van der Waals surface area contributed by atoms with Crippen LogP contribution in [-0.2, 0) is 4.43 Å². The van der Waals surface area contributed by atoms with Crippen LogP contribution in [0, 0.1) is 11.3 Å². The van der Waals surface area contributed by atoms with E-state index < -0.39 is 14.4 Å². The van der Waals surface area contributed by atoms with Crippen molar-refractivity contribution in [2.75, 3.05) is 7.11 Å². The summed E-state index contributed by atoms with van der Waals surface area (Å²) in [6, 6.07) is 2.17. The van der Waals surface area contributed by atoms with Gasteiger partial charge in [0.05, 0.1) is 13.2 Å². The van der Waals surface area contributed by atoms with Crippen molar-refractivity contribution >= 4 is 19.7 Å². The Bertz CT molecular complexity index is 364. The summed E-state index contributed by atoms with van der Waals surface area (Å²) in [5.41, 5.74) is 0.840. The van der Waals surface area contributed by atoms with E-state index in [2.05, 4.69) is 25.7 Å². The molecule has 0 amide bonds. The Morgan fingerprint density at radius 3 is 2.53 bits per heavy atom. The lowest BCUT2D eigenvalue weighted by atomic mass is 10.2.